The minimum Gasteiger partial charge on any atom is -0.370 e. The van der Waals surface area contributed by atoms with Crippen molar-refractivity contribution in [1.29, 1.82) is 5.26 Å². The summed E-state index contributed by atoms with van der Waals surface area (Å²) < 4.78 is 0. The molecule has 2 saturated heterocycles. The number of nitrogens with zero attached hydrogens (tertiary/aromatic N) is 6. The number of hydrogen-bond acceptors (Lipinski definition) is 7. The van der Waals surface area contributed by atoms with Crippen molar-refractivity contribution in [1.82, 2.24) is 9.80 Å². The second-order valence-corrected chi connectivity index (χ2v) is 8.75. The highest BCUT2D eigenvalue weighted by molar-refractivity contribution is 5.96. The predicted molar refractivity (Wildman–Crippen MR) is 131 cm³/mol. The number of nitro groups is 1. The number of piperazine rings is 1. The number of rotatable bonds is 4. The van der Waals surface area contributed by atoms with Crippen LogP contribution >= 0.6 is 0 Å². The largest absolute Gasteiger partial charge is 0.370 e. The molecule has 0 radical (unpaired) electrons. The first kappa shape index (κ1) is 24.0. The van der Waals surface area contributed by atoms with Crippen molar-refractivity contribution < 1.29 is 14.5 Å². The van der Waals surface area contributed by atoms with Crippen LogP contribution in [0.15, 0.2) is 42.5 Å². The number of benzene rings is 2. The molecule has 182 valence electrons. The molecule has 10 nitrogen and oxygen atoms in total. The Morgan fingerprint density at radius 1 is 0.886 bits per heavy atom. The Labute approximate surface area is 204 Å². The molecule has 0 saturated carbocycles. The van der Waals surface area contributed by atoms with Gasteiger partial charge in [-0.25, -0.2) is 0 Å². The lowest BCUT2D eigenvalue weighted by molar-refractivity contribution is -0.384. The average Bonchev–Trinajstić information content (AvgIpc) is 3.14. The zero-order valence-corrected chi connectivity index (χ0v) is 19.7. The Bertz CT molecular complexity index is 1150. The Balaban J connectivity index is 1.46. The van der Waals surface area contributed by atoms with Gasteiger partial charge < -0.3 is 19.6 Å². The summed E-state index contributed by atoms with van der Waals surface area (Å²) in [7, 11) is 0. The molecule has 2 fully saturated rings. The van der Waals surface area contributed by atoms with Gasteiger partial charge in [-0.1, -0.05) is 0 Å². The summed E-state index contributed by atoms with van der Waals surface area (Å²) in [5.74, 6) is -0.224. The van der Waals surface area contributed by atoms with Gasteiger partial charge in [-0.05, 0) is 42.8 Å². The predicted octanol–water partition coefficient (Wildman–Crippen LogP) is 2.49. The van der Waals surface area contributed by atoms with Gasteiger partial charge in [0.25, 0.3) is 11.6 Å². The van der Waals surface area contributed by atoms with Crippen molar-refractivity contribution in [2.75, 3.05) is 62.2 Å². The summed E-state index contributed by atoms with van der Waals surface area (Å²) in [6.07, 6.45) is 0.770. The fraction of sp³-hybridized carbons (Fsp3) is 0.400. The third kappa shape index (κ3) is 5.35. The van der Waals surface area contributed by atoms with Crippen LogP contribution in [0.2, 0.25) is 0 Å². The number of nitriles is 1. The molecule has 2 aliphatic heterocycles. The normalized spacial score (nSPS) is 16.5. The van der Waals surface area contributed by atoms with Crippen molar-refractivity contribution in [3.63, 3.8) is 0 Å². The third-order valence-corrected chi connectivity index (χ3v) is 6.63. The van der Waals surface area contributed by atoms with Gasteiger partial charge in [-0.3, -0.25) is 19.7 Å². The van der Waals surface area contributed by atoms with Crippen LogP contribution < -0.4 is 9.80 Å². The molecule has 0 aliphatic carbocycles. The lowest BCUT2D eigenvalue weighted by Crippen LogP contribution is -2.48. The lowest BCUT2D eigenvalue weighted by Gasteiger charge is -2.35. The summed E-state index contributed by atoms with van der Waals surface area (Å²) in [6.45, 7) is 6.03. The van der Waals surface area contributed by atoms with E-state index in [-0.39, 0.29) is 17.5 Å². The van der Waals surface area contributed by atoms with Gasteiger partial charge in [-0.2, -0.15) is 5.26 Å². The molecule has 0 bridgehead atoms. The number of carbonyl (C=O) groups excluding carboxylic acids is 2. The van der Waals surface area contributed by atoms with E-state index < -0.39 is 4.92 Å². The molecule has 2 heterocycles. The maximum absolute atomic E-state index is 13.3. The molecule has 2 aliphatic rings. The first-order valence-electron chi connectivity index (χ1n) is 11.7. The highest BCUT2D eigenvalue weighted by Gasteiger charge is 2.27. The molecule has 35 heavy (non-hydrogen) atoms. The van der Waals surface area contributed by atoms with E-state index >= 15 is 0 Å². The zero-order chi connectivity index (χ0) is 24.9. The number of anilines is 2. The molecule has 10 heteroatoms. The van der Waals surface area contributed by atoms with Crippen LogP contribution in [-0.4, -0.2) is 78.9 Å². The van der Waals surface area contributed by atoms with E-state index in [1.54, 1.807) is 34.1 Å². The fourth-order valence-electron chi connectivity index (χ4n) is 4.64. The molecule has 0 spiro atoms. The zero-order valence-electron chi connectivity index (χ0n) is 19.7. The molecule has 0 atom stereocenters. The van der Waals surface area contributed by atoms with Crippen LogP contribution in [-0.2, 0) is 4.79 Å². The maximum Gasteiger partial charge on any atom is 0.293 e. The number of carbonyl (C=O) groups is 2. The van der Waals surface area contributed by atoms with Crippen molar-refractivity contribution in [3.05, 3.63) is 63.7 Å². The maximum atomic E-state index is 13.3. The molecular weight excluding hydrogens is 448 g/mol. The van der Waals surface area contributed by atoms with Gasteiger partial charge in [0.05, 0.1) is 16.6 Å². The first-order valence-corrected chi connectivity index (χ1v) is 11.7. The standard InChI is InChI=1S/C25H28N6O4/c1-19(32)27-11-14-29(15-12-27)23-8-5-21(17-24(23)31(34)35)25(33)30-10-2-9-28(13-16-30)22-6-3-20(18-26)4-7-22/h3-8,17H,2,9-16H2,1H3. The summed E-state index contributed by atoms with van der Waals surface area (Å²) in [4.78, 5) is 43.8. The lowest BCUT2D eigenvalue weighted by atomic mass is 10.1. The summed E-state index contributed by atoms with van der Waals surface area (Å²) in [6, 6.07) is 14.2. The van der Waals surface area contributed by atoms with Crippen LogP contribution in [0, 0.1) is 21.4 Å². The van der Waals surface area contributed by atoms with Gasteiger partial charge in [0.2, 0.25) is 5.91 Å². The van der Waals surface area contributed by atoms with Gasteiger partial charge in [0.15, 0.2) is 0 Å². The van der Waals surface area contributed by atoms with E-state index in [0.29, 0.717) is 62.6 Å². The average molecular weight is 477 g/mol. The second-order valence-electron chi connectivity index (χ2n) is 8.75. The van der Waals surface area contributed by atoms with Crippen molar-refractivity contribution in [3.8, 4) is 6.07 Å². The number of hydrogen-bond donors (Lipinski definition) is 0. The topological polar surface area (TPSA) is 114 Å². The number of amides is 2. The van der Waals surface area contributed by atoms with Crippen LogP contribution in [0.25, 0.3) is 0 Å². The van der Waals surface area contributed by atoms with Gasteiger partial charge in [0, 0.05) is 76.6 Å². The molecular formula is C25H28N6O4. The van der Waals surface area contributed by atoms with E-state index in [9.17, 15) is 19.7 Å². The van der Waals surface area contributed by atoms with Crippen LogP contribution in [0.3, 0.4) is 0 Å². The summed E-state index contributed by atoms with van der Waals surface area (Å²) >= 11 is 0. The quantitative estimate of drug-likeness (QED) is 0.492. The number of nitro benzene ring substituents is 1. The fourth-order valence-corrected chi connectivity index (χ4v) is 4.64. The van der Waals surface area contributed by atoms with Gasteiger partial charge in [-0.15, -0.1) is 0 Å². The molecule has 2 aromatic carbocycles. The van der Waals surface area contributed by atoms with Gasteiger partial charge in [0.1, 0.15) is 5.69 Å². The van der Waals surface area contributed by atoms with Crippen molar-refractivity contribution in [2.45, 2.75) is 13.3 Å². The van der Waals surface area contributed by atoms with Crippen LogP contribution in [0.4, 0.5) is 17.1 Å². The van der Waals surface area contributed by atoms with E-state index in [2.05, 4.69) is 11.0 Å². The smallest absolute Gasteiger partial charge is 0.293 e. The van der Waals surface area contributed by atoms with Crippen LogP contribution in [0.5, 0.6) is 0 Å². The van der Waals surface area contributed by atoms with Crippen molar-refractivity contribution in [2.24, 2.45) is 0 Å². The third-order valence-electron chi connectivity index (χ3n) is 6.63. The molecule has 0 N–H and O–H groups in total. The molecule has 2 aromatic rings. The first-order chi connectivity index (χ1) is 16.9. The van der Waals surface area contributed by atoms with E-state index in [0.717, 1.165) is 18.7 Å². The summed E-state index contributed by atoms with van der Waals surface area (Å²) in [5.41, 5.74) is 2.28. The van der Waals surface area contributed by atoms with E-state index in [4.69, 9.17) is 5.26 Å². The van der Waals surface area contributed by atoms with E-state index in [1.165, 1.54) is 13.0 Å². The second kappa shape index (κ2) is 10.4. The highest BCUT2D eigenvalue weighted by atomic mass is 16.6. The molecule has 0 aromatic heterocycles. The van der Waals surface area contributed by atoms with Gasteiger partial charge >= 0.3 is 0 Å². The minimum atomic E-state index is -0.446. The Morgan fingerprint density at radius 3 is 2.17 bits per heavy atom. The Kier molecular flexibility index (Phi) is 7.15. The Hall–Kier alpha value is -4.13. The molecule has 2 amide bonds. The SMILES string of the molecule is CC(=O)N1CCN(c2ccc(C(=O)N3CCCN(c4ccc(C#N)cc4)CC3)cc2[N+](=O)[O-])CC1. The van der Waals surface area contributed by atoms with Crippen LogP contribution in [0.1, 0.15) is 29.3 Å². The summed E-state index contributed by atoms with van der Waals surface area (Å²) in [5, 5.41) is 20.8. The highest BCUT2D eigenvalue weighted by Crippen LogP contribution is 2.31. The molecule has 0 unspecified atom stereocenters. The molecule has 4 rings (SSSR count). The van der Waals surface area contributed by atoms with E-state index in [1.807, 2.05) is 17.0 Å². The monoisotopic (exact) mass is 476 g/mol. The van der Waals surface area contributed by atoms with Crippen molar-refractivity contribution >= 4 is 28.9 Å². The Morgan fingerprint density at radius 2 is 1.54 bits per heavy atom. The minimum absolute atomic E-state index is 0.00436.